The molecule has 0 bridgehead atoms. The molecular weight excluding hydrogens is 394 g/mol. The summed E-state index contributed by atoms with van der Waals surface area (Å²) in [6, 6.07) is 13.4. The van der Waals surface area contributed by atoms with Gasteiger partial charge in [0.1, 0.15) is 22.8 Å². The normalized spacial score (nSPS) is 11.5. The summed E-state index contributed by atoms with van der Waals surface area (Å²) in [5.74, 6) is 0.184. The number of rotatable bonds is 6. The molecule has 0 saturated carbocycles. The van der Waals surface area contributed by atoms with Crippen LogP contribution in [0.3, 0.4) is 0 Å². The van der Waals surface area contributed by atoms with Crippen molar-refractivity contribution in [2.24, 2.45) is 0 Å². The highest BCUT2D eigenvalue weighted by atomic mass is 32.2. The Balaban J connectivity index is 2.01. The summed E-state index contributed by atoms with van der Waals surface area (Å²) >= 11 is 0. The Kier molecular flexibility index (Phi) is 5.71. The molecular formula is C20H21N3O5S. The fourth-order valence-electron chi connectivity index (χ4n) is 2.77. The second-order valence-electron chi connectivity index (χ2n) is 6.43. The molecule has 9 heteroatoms. The summed E-state index contributed by atoms with van der Waals surface area (Å²) in [6.07, 6.45) is 0. The Morgan fingerprint density at radius 2 is 1.83 bits per heavy atom. The number of anilines is 1. The third-order valence-electron chi connectivity index (χ3n) is 4.33. The summed E-state index contributed by atoms with van der Waals surface area (Å²) in [4.78, 5) is 13.1. The van der Waals surface area contributed by atoms with E-state index >= 15 is 0 Å². The van der Waals surface area contributed by atoms with Gasteiger partial charge in [-0.05, 0) is 25.1 Å². The highest BCUT2D eigenvalue weighted by Crippen LogP contribution is 2.31. The minimum absolute atomic E-state index is 0.0314. The highest BCUT2D eigenvalue weighted by molar-refractivity contribution is 7.89. The van der Waals surface area contributed by atoms with Gasteiger partial charge in [-0.2, -0.15) is 0 Å². The summed E-state index contributed by atoms with van der Waals surface area (Å²) in [5, 5.41) is 6.72. The van der Waals surface area contributed by atoms with E-state index in [4.69, 9.17) is 9.26 Å². The number of sulfonamides is 1. The molecule has 1 aromatic heterocycles. The second kappa shape index (κ2) is 8.06. The van der Waals surface area contributed by atoms with Crippen molar-refractivity contribution in [3.63, 3.8) is 0 Å². The van der Waals surface area contributed by atoms with Crippen LogP contribution in [0.5, 0.6) is 5.75 Å². The van der Waals surface area contributed by atoms with Crippen molar-refractivity contribution >= 4 is 21.6 Å². The van der Waals surface area contributed by atoms with E-state index in [9.17, 15) is 13.2 Å². The van der Waals surface area contributed by atoms with Crippen LogP contribution < -0.4 is 10.1 Å². The van der Waals surface area contributed by atoms with E-state index in [2.05, 4.69) is 10.5 Å². The van der Waals surface area contributed by atoms with Crippen LogP contribution in [0.25, 0.3) is 11.3 Å². The van der Waals surface area contributed by atoms with Gasteiger partial charge in [-0.15, -0.1) is 0 Å². The molecule has 0 aliphatic rings. The number of aryl methyl sites for hydroxylation is 1. The van der Waals surface area contributed by atoms with E-state index < -0.39 is 15.9 Å². The molecule has 3 rings (SSSR count). The van der Waals surface area contributed by atoms with Crippen molar-refractivity contribution < 1.29 is 22.5 Å². The second-order valence-corrected chi connectivity index (χ2v) is 8.58. The summed E-state index contributed by atoms with van der Waals surface area (Å²) < 4.78 is 36.5. The van der Waals surface area contributed by atoms with Gasteiger partial charge < -0.3 is 14.6 Å². The number of aromatic nitrogens is 1. The predicted octanol–water partition coefficient (Wildman–Crippen LogP) is 3.16. The first-order chi connectivity index (χ1) is 13.8. The maximum atomic E-state index is 13.0. The number of hydrogen-bond acceptors (Lipinski definition) is 6. The summed E-state index contributed by atoms with van der Waals surface area (Å²) in [5.41, 5.74) is 1.61. The molecule has 2 aromatic carbocycles. The first-order valence-electron chi connectivity index (χ1n) is 8.69. The van der Waals surface area contributed by atoms with E-state index in [1.165, 1.54) is 39.4 Å². The van der Waals surface area contributed by atoms with Gasteiger partial charge >= 0.3 is 0 Å². The lowest BCUT2D eigenvalue weighted by Gasteiger charge is -2.15. The molecule has 0 saturated heterocycles. The Morgan fingerprint density at radius 1 is 1.14 bits per heavy atom. The average molecular weight is 415 g/mol. The molecule has 1 amide bonds. The van der Waals surface area contributed by atoms with Gasteiger partial charge in [0.05, 0.1) is 17.7 Å². The van der Waals surface area contributed by atoms with E-state index in [0.29, 0.717) is 17.2 Å². The highest BCUT2D eigenvalue weighted by Gasteiger charge is 2.24. The van der Waals surface area contributed by atoms with Crippen molar-refractivity contribution in [3.05, 3.63) is 59.9 Å². The number of benzene rings is 2. The van der Waals surface area contributed by atoms with Gasteiger partial charge in [0.15, 0.2) is 0 Å². The molecule has 0 spiro atoms. The quantitative estimate of drug-likeness (QED) is 0.664. The summed E-state index contributed by atoms with van der Waals surface area (Å²) in [7, 11) is 0.628. The van der Waals surface area contributed by atoms with Gasteiger partial charge in [0.2, 0.25) is 10.0 Å². The fourth-order valence-corrected chi connectivity index (χ4v) is 3.70. The lowest BCUT2D eigenvalue weighted by molar-refractivity contribution is 0.102. The average Bonchev–Trinajstić information content (AvgIpc) is 3.10. The van der Waals surface area contributed by atoms with Crippen LogP contribution in [0.2, 0.25) is 0 Å². The Morgan fingerprint density at radius 3 is 2.45 bits per heavy atom. The van der Waals surface area contributed by atoms with Gasteiger partial charge in [0, 0.05) is 19.7 Å². The minimum Gasteiger partial charge on any atom is -0.495 e. The van der Waals surface area contributed by atoms with Crippen molar-refractivity contribution in [1.29, 1.82) is 0 Å². The largest absolute Gasteiger partial charge is 0.495 e. The first-order valence-corrected chi connectivity index (χ1v) is 10.1. The predicted molar refractivity (Wildman–Crippen MR) is 108 cm³/mol. The number of amides is 1. The van der Waals surface area contributed by atoms with E-state index in [1.807, 2.05) is 30.3 Å². The van der Waals surface area contributed by atoms with Crippen molar-refractivity contribution in [2.45, 2.75) is 11.8 Å². The lowest BCUT2D eigenvalue weighted by Crippen LogP contribution is -2.22. The van der Waals surface area contributed by atoms with Gasteiger partial charge in [-0.1, -0.05) is 35.5 Å². The van der Waals surface area contributed by atoms with E-state index in [0.717, 1.165) is 9.87 Å². The van der Waals surface area contributed by atoms with Crippen LogP contribution in [0.15, 0.2) is 57.9 Å². The van der Waals surface area contributed by atoms with E-state index in [1.54, 1.807) is 6.92 Å². The molecule has 1 heterocycles. The molecule has 0 atom stereocenters. The molecule has 0 fully saturated rings. The molecule has 152 valence electrons. The van der Waals surface area contributed by atoms with Gasteiger partial charge in [-0.25, -0.2) is 12.7 Å². The smallest absolute Gasteiger partial charge is 0.261 e. The monoisotopic (exact) mass is 415 g/mol. The first kappa shape index (κ1) is 20.6. The number of methoxy groups -OCH3 is 1. The molecule has 8 nitrogen and oxygen atoms in total. The number of ether oxygens (including phenoxy) is 1. The maximum absolute atomic E-state index is 13.0. The summed E-state index contributed by atoms with van der Waals surface area (Å²) in [6.45, 7) is 1.64. The van der Waals surface area contributed by atoms with Crippen molar-refractivity contribution in [3.8, 4) is 17.0 Å². The molecule has 0 aliphatic carbocycles. The third-order valence-corrected chi connectivity index (χ3v) is 6.15. The van der Waals surface area contributed by atoms with Gasteiger partial charge in [-0.3, -0.25) is 4.79 Å². The molecule has 3 aromatic rings. The van der Waals surface area contributed by atoms with Crippen molar-refractivity contribution in [2.75, 3.05) is 26.5 Å². The molecule has 0 aliphatic heterocycles. The Bertz CT molecular complexity index is 1140. The van der Waals surface area contributed by atoms with Crippen molar-refractivity contribution in [1.82, 2.24) is 9.46 Å². The minimum atomic E-state index is -3.68. The number of hydrogen-bond donors (Lipinski definition) is 1. The molecule has 0 unspecified atom stereocenters. The van der Waals surface area contributed by atoms with Gasteiger partial charge in [0.25, 0.3) is 5.91 Å². The topological polar surface area (TPSA) is 102 Å². The molecule has 29 heavy (non-hydrogen) atoms. The van der Waals surface area contributed by atoms with Crippen LogP contribution in [0.1, 0.15) is 16.1 Å². The number of carbonyl (C=O) groups excluding carboxylic acids is 1. The third kappa shape index (κ3) is 4.01. The number of nitrogens with zero attached hydrogens (tertiary/aromatic N) is 2. The van der Waals surface area contributed by atoms with Crippen LogP contribution >= 0.6 is 0 Å². The molecule has 0 radical (unpaired) electrons. The Labute approximate surface area is 169 Å². The zero-order valence-electron chi connectivity index (χ0n) is 16.5. The van der Waals surface area contributed by atoms with Crippen LogP contribution in [0, 0.1) is 6.92 Å². The standard InChI is InChI=1S/C20H21N3O5S/c1-13-18(19(22-28-13)14-8-6-5-7-9-14)20(24)21-16-12-15(10-11-17(16)27-4)29(25,26)23(2)3/h5-12H,1-4H3,(H,21,24). The fraction of sp³-hybridized carbons (Fsp3) is 0.200. The lowest BCUT2D eigenvalue weighted by atomic mass is 10.1. The van der Waals surface area contributed by atoms with Crippen LogP contribution in [-0.4, -0.2) is 45.0 Å². The van der Waals surface area contributed by atoms with E-state index in [-0.39, 0.29) is 16.1 Å². The van der Waals surface area contributed by atoms with Crippen LogP contribution in [-0.2, 0) is 10.0 Å². The Hall–Kier alpha value is -3.17. The maximum Gasteiger partial charge on any atom is 0.261 e. The zero-order chi connectivity index (χ0) is 21.2. The van der Waals surface area contributed by atoms with Crippen LogP contribution in [0.4, 0.5) is 5.69 Å². The number of nitrogens with one attached hydrogen (secondary N) is 1. The molecule has 1 N–H and O–H groups in total. The number of carbonyl (C=O) groups is 1. The zero-order valence-corrected chi connectivity index (χ0v) is 17.3. The SMILES string of the molecule is COc1ccc(S(=O)(=O)N(C)C)cc1NC(=O)c1c(-c2ccccc2)noc1C.